The molecule has 3 nitrogen and oxygen atoms in total. The van der Waals surface area contributed by atoms with Crippen LogP contribution in [0.3, 0.4) is 0 Å². The predicted octanol–water partition coefficient (Wildman–Crippen LogP) is 3.16. The molecule has 4 heteroatoms. The van der Waals surface area contributed by atoms with Crippen LogP contribution < -0.4 is 4.90 Å². The number of morpholine rings is 1. The minimum absolute atomic E-state index is 0.183. The molecule has 0 amide bonds. The van der Waals surface area contributed by atoms with E-state index in [4.69, 9.17) is 16.3 Å². The number of hydrogen-bond donors (Lipinski definition) is 0. The van der Waals surface area contributed by atoms with E-state index in [0.29, 0.717) is 23.2 Å². The average molecular weight is 268 g/mol. The number of hydrogen-bond acceptors (Lipinski definition) is 3. The highest BCUT2D eigenvalue weighted by Crippen LogP contribution is 2.28. The number of benzene rings is 1. The van der Waals surface area contributed by atoms with Gasteiger partial charge in [0.15, 0.2) is 6.29 Å². The van der Waals surface area contributed by atoms with Crippen molar-refractivity contribution in [3.8, 4) is 0 Å². The summed E-state index contributed by atoms with van der Waals surface area (Å²) >= 11 is 5.93. The minimum atomic E-state index is 0.183. The average Bonchev–Trinajstić information content (AvgIpc) is 2.38. The van der Waals surface area contributed by atoms with Crippen LogP contribution in [-0.2, 0) is 4.74 Å². The Balaban J connectivity index is 2.35. The Morgan fingerprint density at radius 2 is 2.33 bits per heavy atom. The van der Waals surface area contributed by atoms with Crippen molar-refractivity contribution in [3.05, 3.63) is 28.8 Å². The summed E-state index contributed by atoms with van der Waals surface area (Å²) in [6.45, 7) is 5.70. The summed E-state index contributed by atoms with van der Waals surface area (Å²) in [6.07, 6.45) is 2.05. The SMILES string of the molecule is CCC1COC(C)CN1c1ccc(Cl)cc1C=O. The van der Waals surface area contributed by atoms with E-state index in [-0.39, 0.29) is 6.10 Å². The van der Waals surface area contributed by atoms with Crippen molar-refractivity contribution < 1.29 is 9.53 Å². The number of ether oxygens (including phenoxy) is 1. The van der Waals surface area contributed by atoms with Gasteiger partial charge in [0.2, 0.25) is 0 Å². The van der Waals surface area contributed by atoms with Gasteiger partial charge in [-0.3, -0.25) is 4.79 Å². The van der Waals surface area contributed by atoms with E-state index in [9.17, 15) is 4.79 Å². The first-order valence-corrected chi connectivity index (χ1v) is 6.66. The van der Waals surface area contributed by atoms with Crippen molar-refractivity contribution in [1.82, 2.24) is 0 Å². The Labute approximate surface area is 113 Å². The maximum atomic E-state index is 11.2. The first kappa shape index (κ1) is 13.4. The second-order valence-electron chi connectivity index (χ2n) is 4.68. The van der Waals surface area contributed by atoms with Gasteiger partial charge in [0.25, 0.3) is 0 Å². The van der Waals surface area contributed by atoms with E-state index < -0.39 is 0 Å². The van der Waals surface area contributed by atoms with Gasteiger partial charge >= 0.3 is 0 Å². The molecule has 2 unspecified atom stereocenters. The lowest BCUT2D eigenvalue weighted by Crippen LogP contribution is -2.49. The van der Waals surface area contributed by atoms with Crippen molar-refractivity contribution >= 4 is 23.6 Å². The molecule has 0 N–H and O–H groups in total. The fourth-order valence-corrected chi connectivity index (χ4v) is 2.54. The lowest BCUT2D eigenvalue weighted by atomic mass is 10.1. The van der Waals surface area contributed by atoms with Crippen molar-refractivity contribution in [2.24, 2.45) is 0 Å². The molecule has 0 radical (unpaired) electrons. The Hall–Kier alpha value is -1.06. The monoisotopic (exact) mass is 267 g/mol. The molecule has 1 aliphatic rings. The highest BCUT2D eigenvalue weighted by Gasteiger charge is 2.27. The number of anilines is 1. The lowest BCUT2D eigenvalue weighted by molar-refractivity contribution is 0.0299. The van der Waals surface area contributed by atoms with E-state index >= 15 is 0 Å². The van der Waals surface area contributed by atoms with Gasteiger partial charge in [0, 0.05) is 22.8 Å². The molecular weight excluding hydrogens is 250 g/mol. The van der Waals surface area contributed by atoms with E-state index in [1.54, 1.807) is 6.07 Å². The van der Waals surface area contributed by atoms with Crippen LogP contribution in [0.5, 0.6) is 0 Å². The van der Waals surface area contributed by atoms with Gasteiger partial charge in [-0.15, -0.1) is 0 Å². The molecule has 1 fully saturated rings. The lowest BCUT2D eigenvalue weighted by Gasteiger charge is -2.40. The van der Waals surface area contributed by atoms with E-state index in [1.807, 2.05) is 12.1 Å². The zero-order valence-corrected chi connectivity index (χ0v) is 11.5. The van der Waals surface area contributed by atoms with Gasteiger partial charge in [-0.25, -0.2) is 0 Å². The van der Waals surface area contributed by atoms with Crippen LogP contribution in [0.1, 0.15) is 30.6 Å². The first-order chi connectivity index (χ1) is 8.65. The van der Waals surface area contributed by atoms with Gasteiger partial charge in [0.1, 0.15) is 0 Å². The Morgan fingerprint density at radius 1 is 1.56 bits per heavy atom. The van der Waals surface area contributed by atoms with Crippen molar-refractivity contribution in [2.75, 3.05) is 18.1 Å². The van der Waals surface area contributed by atoms with Crippen LogP contribution in [0.15, 0.2) is 18.2 Å². The second kappa shape index (κ2) is 5.72. The highest BCUT2D eigenvalue weighted by molar-refractivity contribution is 6.31. The molecule has 2 rings (SSSR count). The number of aldehydes is 1. The van der Waals surface area contributed by atoms with Crippen molar-refractivity contribution in [1.29, 1.82) is 0 Å². The molecule has 0 bridgehead atoms. The fourth-order valence-electron chi connectivity index (χ4n) is 2.36. The summed E-state index contributed by atoms with van der Waals surface area (Å²) in [6, 6.07) is 5.79. The molecule has 2 atom stereocenters. The smallest absolute Gasteiger partial charge is 0.152 e. The van der Waals surface area contributed by atoms with Crippen LogP contribution in [0.2, 0.25) is 5.02 Å². The third kappa shape index (κ3) is 2.68. The molecule has 0 saturated carbocycles. The molecule has 98 valence electrons. The molecule has 18 heavy (non-hydrogen) atoms. The van der Waals surface area contributed by atoms with Gasteiger partial charge in [0.05, 0.1) is 18.8 Å². The Bertz CT molecular complexity index is 436. The number of rotatable bonds is 3. The van der Waals surface area contributed by atoms with Crippen LogP contribution in [0, 0.1) is 0 Å². The van der Waals surface area contributed by atoms with E-state index in [1.165, 1.54) is 0 Å². The zero-order valence-electron chi connectivity index (χ0n) is 10.7. The molecular formula is C14H18ClNO2. The quantitative estimate of drug-likeness (QED) is 0.788. The number of carbonyl (C=O) groups is 1. The highest BCUT2D eigenvalue weighted by atomic mass is 35.5. The van der Waals surface area contributed by atoms with Crippen LogP contribution in [0.4, 0.5) is 5.69 Å². The number of carbonyl (C=O) groups excluding carboxylic acids is 1. The standard InChI is InChI=1S/C14H18ClNO2/c1-3-13-9-18-10(2)7-16(13)14-5-4-12(15)6-11(14)8-17/h4-6,8,10,13H,3,7,9H2,1-2H3. The third-order valence-corrected chi connectivity index (χ3v) is 3.60. The van der Waals surface area contributed by atoms with Gasteiger partial charge in [-0.1, -0.05) is 18.5 Å². The molecule has 1 aliphatic heterocycles. The predicted molar refractivity (Wildman–Crippen MR) is 73.7 cm³/mol. The molecule has 0 aliphatic carbocycles. The zero-order chi connectivity index (χ0) is 13.1. The summed E-state index contributed by atoms with van der Waals surface area (Å²) in [5, 5.41) is 0.593. The molecule has 1 saturated heterocycles. The topological polar surface area (TPSA) is 29.5 Å². The first-order valence-electron chi connectivity index (χ1n) is 6.28. The summed E-state index contributed by atoms with van der Waals surface area (Å²) in [4.78, 5) is 13.4. The molecule has 1 aromatic rings. The van der Waals surface area contributed by atoms with Crippen LogP contribution in [-0.4, -0.2) is 31.6 Å². The van der Waals surface area contributed by atoms with Crippen LogP contribution >= 0.6 is 11.6 Å². The molecule has 0 aromatic heterocycles. The number of nitrogens with zero attached hydrogens (tertiary/aromatic N) is 1. The second-order valence-corrected chi connectivity index (χ2v) is 5.12. The Kier molecular flexibility index (Phi) is 4.25. The maximum Gasteiger partial charge on any atom is 0.152 e. The van der Waals surface area contributed by atoms with Crippen molar-refractivity contribution in [3.63, 3.8) is 0 Å². The largest absolute Gasteiger partial charge is 0.375 e. The van der Waals surface area contributed by atoms with E-state index in [2.05, 4.69) is 18.7 Å². The minimum Gasteiger partial charge on any atom is -0.375 e. The van der Waals surface area contributed by atoms with Gasteiger partial charge in [-0.2, -0.15) is 0 Å². The summed E-state index contributed by atoms with van der Waals surface area (Å²) < 4.78 is 5.67. The maximum absolute atomic E-state index is 11.2. The summed E-state index contributed by atoms with van der Waals surface area (Å²) in [7, 11) is 0. The third-order valence-electron chi connectivity index (χ3n) is 3.36. The molecule has 0 spiro atoms. The van der Waals surface area contributed by atoms with E-state index in [0.717, 1.165) is 24.9 Å². The normalized spacial score (nSPS) is 24.1. The van der Waals surface area contributed by atoms with Gasteiger partial charge < -0.3 is 9.64 Å². The summed E-state index contributed by atoms with van der Waals surface area (Å²) in [5.41, 5.74) is 1.60. The molecule has 1 aromatic carbocycles. The van der Waals surface area contributed by atoms with Crippen molar-refractivity contribution in [2.45, 2.75) is 32.4 Å². The molecule has 1 heterocycles. The van der Waals surface area contributed by atoms with Crippen LogP contribution in [0.25, 0.3) is 0 Å². The van der Waals surface area contributed by atoms with Gasteiger partial charge in [-0.05, 0) is 31.5 Å². The summed E-state index contributed by atoms with van der Waals surface area (Å²) in [5.74, 6) is 0. The number of halogens is 1. The fraction of sp³-hybridized carbons (Fsp3) is 0.500. The Morgan fingerprint density at radius 3 is 3.00 bits per heavy atom.